The van der Waals surface area contributed by atoms with E-state index in [-0.39, 0.29) is 0 Å². The number of nitrogens with zero attached hydrogens (tertiary/aromatic N) is 2. The molecule has 0 atom stereocenters. The van der Waals surface area contributed by atoms with E-state index in [0.29, 0.717) is 0 Å². The third-order valence-electron chi connectivity index (χ3n) is 13.1. The Morgan fingerprint density at radius 2 is 0.778 bits per heavy atom. The van der Waals surface area contributed by atoms with Gasteiger partial charge in [0.1, 0.15) is 0 Å². The second kappa shape index (κ2) is 15.2. The highest BCUT2D eigenvalue weighted by molar-refractivity contribution is 7.20. The highest BCUT2D eigenvalue weighted by Gasteiger charge is 2.43. The normalized spacial score (nSPS) is 11.8. The smallest absolute Gasteiger partial charge is 0.181 e. The second-order valence-electron chi connectivity index (χ2n) is 16.4. The maximum absolute atomic E-state index is 2.98. The van der Waals surface area contributed by atoms with Gasteiger partial charge < -0.3 is 9.13 Å². The highest BCUT2D eigenvalue weighted by atomic mass is 28.3. The molecule has 2 heterocycles. The molecule has 3 heteroatoms. The molecule has 2 nitrogen and oxygen atoms in total. The molecule has 0 saturated heterocycles. The molecule has 0 saturated carbocycles. The van der Waals surface area contributed by atoms with E-state index in [1.807, 2.05) is 0 Å². The van der Waals surface area contributed by atoms with Crippen molar-refractivity contribution >= 4 is 72.4 Å². The molecule has 0 amide bonds. The van der Waals surface area contributed by atoms with Crippen molar-refractivity contribution in [2.45, 2.75) is 0 Å². The summed E-state index contributed by atoms with van der Waals surface area (Å²) in [4.78, 5) is 0. The van der Waals surface area contributed by atoms with E-state index >= 15 is 0 Å². The lowest BCUT2D eigenvalue weighted by molar-refractivity contribution is 1.17. The third-order valence-corrected chi connectivity index (χ3v) is 17.9. The van der Waals surface area contributed by atoms with Crippen molar-refractivity contribution in [2.75, 3.05) is 0 Å². The molecule has 10 aromatic carbocycles. The number of hydrogen-bond acceptors (Lipinski definition) is 0. The van der Waals surface area contributed by atoms with Crippen LogP contribution in [0.15, 0.2) is 255 Å². The monoisotopic (exact) mass is 818 g/mol. The SMILES string of the molecule is c1ccc(-c2ccc3c(c2)c2c(-n4c5ccccc5c5cccc([Si](c6ccccc6)(c6ccccc6)c6ccccc6)c54)cccc2n3-c2ccccc2-c2ccccc2)cc1. The van der Waals surface area contributed by atoms with Gasteiger partial charge in [-0.2, -0.15) is 0 Å². The van der Waals surface area contributed by atoms with Gasteiger partial charge in [0, 0.05) is 27.1 Å². The molecule has 0 radical (unpaired) electrons. The zero-order valence-electron chi connectivity index (χ0n) is 34.6. The fourth-order valence-corrected chi connectivity index (χ4v) is 15.4. The zero-order valence-corrected chi connectivity index (χ0v) is 35.6. The van der Waals surface area contributed by atoms with E-state index in [4.69, 9.17) is 0 Å². The van der Waals surface area contributed by atoms with E-state index < -0.39 is 8.07 Å². The first kappa shape index (κ1) is 36.8. The van der Waals surface area contributed by atoms with Gasteiger partial charge in [-0.1, -0.05) is 218 Å². The van der Waals surface area contributed by atoms with Gasteiger partial charge >= 0.3 is 0 Å². The lowest BCUT2D eigenvalue weighted by Crippen LogP contribution is -2.75. The van der Waals surface area contributed by atoms with Crippen LogP contribution in [0.1, 0.15) is 0 Å². The molecule has 0 aliphatic carbocycles. The number of benzene rings is 10. The molecule has 296 valence electrons. The molecule has 0 aliphatic heterocycles. The Hall–Kier alpha value is -7.98. The molecular formula is C60H42N2Si. The van der Waals surface area contributed by atoms with E-state index in [1.165, 1.54) is 81.1 Å². The number of hydrogen-bond donors (Lipinski definition) is 0. The fraction of sp³-hybridized carbons (Fsp3) is 0. The molecule has 0 aliphatic rings. The Morgan fingerprint density at radius 1 is 0.286 bits per heavy atom. The summed E-state index contributed by atoms with van der Waals surface area (Å²) in [6, 6.07) is 94.4. The van der Waals surface area contributed by atoms with Crippen molar-refractivity contribution in [3.63, 3.8) is 0 Å². The Kier molecular flexibility index (Phi) is 8.87. The van der Waals surface area contributed by atoms with Crippen molar-refractivity contribution in [1.29, 1.82) is 0 Å². The summed E-state index contributed by atoms with van der Waals surface area (Å²) in [5.41, 5.74) is 11.9. The van der Waals surface area contributed by atoms with Crippen LogP contribution < -0.4 is 20.7 Å². The third kappa shape index (κ3) is 5.78. The van der Waals surface area contributed by atoms with Gasteiger partial charge in [0.15, 0.2) is 8.07 Å². The predicted molar refractivity (Wildman–Crippen MR) is 270 cm³/mol. The van der Waals surface area contributed by atoms with Gasteiger partial charge in [-0.15, -0.1) is 0 Å². The van der Waals surface area contributed by atoms with E-state index in [0.717, 1.165) is 16.9 Å². The van der Waals surface area contributed by atoms with Crippen molar-refractivity contribution in [2.24, 2.45) is 0 Å². The number of aromatic nitrogens is 2. The maximum atomic E-state index is 2.61. The van der Waals surface area contributed by atoms with Crippen molar-refractivity contribution < 1.29 is 0 Å². The first-order valence-corrected chi connectivity index (χ1v) is 23.8. The Labute approximate surface area is 368 Å². The van der Waals surface area contributed by atoms with Crippen LogP contribution in [0.3, 0.4) is 0 Å². The maximum Gasteiger partial charge on any atom is 0.181 e. The molecule has 12 aromatic rings. The summed E-state index contributed by atoms with van der Waals surface area (Å²) in [7, 11) is -2.98. The minimum absolute atomic E-state index is 1.15. The number of fused-ring (bicyclic) bond motifs is 6. The van der Waals surface area contributed by atoms with Crippen LogP contribution in [0.5, 0.6) is 0 Å². The second-order valence-corrected chi connectivity index (χ2v) is 20.2. The minimum atomic E-state index is -2.98. The summed E-state index contributed by atoms with van der Waals surface area (Å²) < 4.78 is 5.11. The lowest BCUT2D eigenvalue weighted by Gasteiger charge is -2.35. The summed E-state index contributed by atoms with van der Waals surface area (Å²) in [6.07, 6.45) is 0. The quantitative estimate of drug-likeness (QED) is 0.107. The van der Waals surface area contributed by atoms with Crippen LogP contribution in [-0.4, -0.2) is 17.2 Å². The van der Waals surface area contributed by atoms with Crippen LogP contribution in [0, 0.1) is 0 Å². The van der Waals surface area contributed by atoms with Crippen molar-refractivity contribution in [3.05, 3.63) is 255 Å². The fourth-order valence-electron chi connectivity index (χ4n) is 10.4. The van der Waals surface area contributed by atoms with Gasteiger partial charge in [-0.25, -0.2) is 0 Å². The van der Waals surface area contributed by atoms with Gasteiger partial charge in [-0.3, -0.25) is 0 Å². The summed E-state index contributed by atoms with van der Waals surface area (Å²) in [6.45, 7) is 0. The topological polar surface area (TPSA) is 9.86 Å². The summed E-state index contributed by atoms with van der Waals surface area (Å²) in [5.74, 6) is 0. The molecule has 0 fully saturated rings. The van der Waals surface area contributed by atoms with Gasteiger partial charge in [0.05, 0.1) is 33.4 Å². The zero-order chi connectivity index (χ0) is 41.7. The van der Waals surface area contributed by atoms with E-state index in [9.17, 15) is 0 Å². The summed E-state index contributed by atoms with van der Waals surface area (Å²) in [5, 5.41) is 10.3. The Balaban J connectivity index is 1.26. The largest absolute Gasteiger partial charge is 0.309 e. The van der Waals surface area contributed by atoms with E-state index in [2.05, 4.69) is 264 Å². The number of para-hydroxylation sites is 3. The first-order valence-electron chi connectivity index (χ1n) is 21.8. The summed E-state index contributed by atoms with van der Waals surface area (Å²) >= 11 is 0. The van der Waals surface area contributed by atoms with Crippen LogP contribution in [0.4, 0.5) is 0 Å². The van der Waals surface area contributed by atoms with E-state index in [1.54, 1.807) is 0 Å². The van der Waals surface area contributed by atoms with Crippen molar-refractivity contribution in [1.82, 2.24) is 9.13 Å². The highest BCUT2D eigenvalue weighted by Crippen LogP contribution is 2.42. The molecule has 63 heavy (non-hydrogen) atoms. The number of rotatable bonds is 8. The van der Waals surface area contributed by atoms with Gasteiger partial charge in [0.2, 0.25) is 0 Å². The molecule has 0 unspecified atom stereocenters. The average Bonchev–Trinajstić information content (AvgIpc) is 3.89. The lowest BCUT2D eigenvalue weighted by atomic mass is 10.0. The first-order chi connectivity index (χ1) is 31.3. The Bertz CT molecular complexity index is 3500. The van der Waals surface area contributed by atoms with Gasteiger partial charge in [-0.05, 0) is 73.8 Å². The van der Waals surface area contributed by atoms with Crippen LogP contribution in [0.25, 0.3) is 77.2 Å². The molecule has 0 spiro atoms. The Morgan fingerprint density at radius 3 is 1.44 bits per heavy atom. The van der Waals surface area contributed by atoms with Gasteiger partial charge in [0.25, 0.3) is 0 Å². The molecular weight excluding hydrogens is 777 g/mol. The standard InChI is InChI=1S/C60H42N2Si/c1-6-22-43(23-7-1)45-40-41-55-52(42-45)59-56(61(55)53-35-18-16-32-49(53)44-24-8-2-9-25-44)37-21-38-57(59)62-54-36-19-17-33-50(54)51-34-20-39-58(60(51)62)63(46-26-10-3-11-27-46,47-28-12-4-13-29-47)48-30-14-5-15-31-48/h1-42H. The molecule has 2 aromatic heterocycles. The van der Waals surface area contributed by atoms with Crippen LogP contribution in [0.2, 0.25) is 0 Å². The van der Waals surface area contributed by atoms with Crippen LogP contribution in [-0.2, 0) is 0 Å². The van der Waals surface area contributed by atoms with Crippen molar-refractivity contribution in [3.8, 4) is 33.6 Å². The predicted octanol–water partition coefficient (Wildman–Crippen LogP) is 12.6. The average molecular weight is 819 g/mol. The van der Waals surface area contributed by atoms with Crippen LogP contribution >= 0.6 is 0 Å². The molecule has 0 bridgehead atoms. The minimum Gasteiger partial charge on any atom is -0.309 e. The molecule has 0 N–H and O–H groups in total. The molecule has 12 rings (SSSR count).